The Hall–Kier alpha value is -0.780. The van der Waals surface area contributed by atoms with Gasteiger partial charge >= 0.3 is 6.18 Å². The molecule has 0 aromatic heterocycles. The van der Waals surface area contributed by atoms with Gasteiger partial charge in [-0.05, 0) is 37.1 Å². The van der Waals surface area contributed by atoms with Gasteiger partial charge in [-0.1, -0.05) is 6.07 Å². The van der Waals surface area contributed by atoms with Crippen molar-refractivity contribution in [2.75, 3.05) is 19.6 Å². The Labute approximate surface area is 123 Å². The first-order valence-corrected chi connectivity index (χ1v) is 6.49. The Morgan fingerprint density at radius 2 is 2.05 bits per heavy atom. The van der Waals surface area contributed by atoms with Crippen LogP contribution in [-0.4, -0.2) is 30.6 Å². The van der Waals surface area contributed by atoms with E-state index in [4.69, 9.17) is 0 Å². The molecule has 1 atom stereocenters. The zero-order valence-corrected chi connectivity index (χ0v) is 12.4. The highest BCUT2D eigenvalue weighted by Gasteiger charge is 2.30. The summed E-state index contributed by atoms with van der Waals surface area (Å²) in [5.74, 6) is 0. The number of halogens is 4. The Morgan fingerprint density at radius 3 is 2.60 bits per heavy atom. The van der Waals surface area contributed by atoms with Crippen LogP contribution in [0, 0.1) is 6.92 Å². The Bertz CT molecular complexity index is 449. The van der Waals surface area contributed by atoms with E-state index in [0.29, 0.717) is 18.2 Å². The molecule has 1 heterocycles. The van der Waals surface area contributed by atoms with Crippen molar-refractivity contribution in [3.05, 3.63) is 34.9 Å². The summed E-state index contributed by atoms with van der Waals surface area (Å²) in [6.07, 6.45) is -4.26. The highest BCUT2D eigenvalue weighted by Crippen LogP contribution is 2.30. The first-order valence-electron chi connectivity index (χ1n) is 6.49. The van der Waals surface area contributed by atoms with Crippen LogP contribution in [0.25, 0.3) is 0 Å². The number of piperazine rings is 1. The van der Waals surface area contributed by atoms with Crippen molar-refractivity contribution in [1.82, 2.24) is 10.2 Å². The van der Waals surface area contributed by atoms with Gasteiger partial charge in [0.25, 0.3) is 0 Å². The molecule has 0 unspecified atom stereocenters. The summed E-state index contributed by atoms with van der Waals surface area (Å²) in [7, 11) is 0. The zero-order chi connectivity index (χ0) is 14.0. The maximum Gasteiger partial charge on any atom is 0.416 e. The van der Waals surface area contributed by atoms with E-state index in [1.165, 1.54) is 12.1 Å². The standard InChI is InChI=1S/C14H19F3N2.ClH/c1-10-7-13(14(15,16)17)4-3-12(10)9-19-6-5-18-8-11(19)2;/h3-4,7,11,18H,5-6,8-9H2,1-2H3;1H/t11-;/m1./s1. The maximum atomic E-state index is 12.6. The second-order valence-corrected chi connectivity index (χ2v) is 5.16. The molecule has 114 valence electrons. The van der Waals surface area contributed by atoms with E-state index < -0.39 is 11.7 Å². The normalized spacial score (nSPS) is 20.6. The van der Waals surface area contributed by atoms with Gasteiger partial charge < -0.3 is 5.32 Å². The molecule has 1 aliphatic heterocycles. The minimum atomic E-state index is -4.26. The lowest BCUT2D eigenvalue weighted by Crippen LogP contribution is -2.49. The molecule has 0 radical (unpaired) electrons. The van der Waals surface area contributed by atoms with Gasteiger partial charge in [0.2, 0.25) is 0 Å². The Kier molecular flexibility index (Phi) is 5.86. The average Bonchev–Trinajstić information content (AvgIpc) is 2.33. The molecule has 2 rings (SSSR count). The third kappa shape index (κ3) is 4.11. The van der Waals surface area contributed by atoms with E-state index in [9.17, 15) is 13.2 Å². The number of benzene rings is 1. The number of nitrogens with zero attached hydrogens (tertiary/aromatic N) is 1. The predicted molar refractivity (Wildman–Crippen MR) is 76.2 cm³/mol. The molecular weight excluding hydrogens is 289 g/mol. The fraction of sp³-hybridized carbons (Fsp3) is 0.571. The number of rotatable bonds is 2. The predicted octanol–water partition coefficient (Wildman–Crippen LogP) is 3.23. The van der Waals surface area contributed by atoms with Crippen molar-refractivity contribution in [2.24, 2.45) is 0 Å². The minimum absolute atomic E-state index is 0. The van der Waals surface area contributed by atoms with E-state index in [2.05, 4.69) is 17.1 Å². The van der Waals surface area contributed by atoms with Crippen molar-refractivity contribution < 1.29 is 13.2 Å². The summed E-state index contributed by atoms with van der Waals surface area (Å²) >= 11 is 0. The van der Waals surface area contributed by atoms with Gasteiger partial charge in [-0.2, -0.15) is 13.2 Å². The molecule has 20 heavy (non-hydrogen) atoms. The monoisotopic (exact) mass is 308 g/mol. The van der Waals surface area contributed by atoms with Crippen molar-refractivity contribution in [1.29, 1.82) is 0 Å². The first-order chi connectivity index (χ1) is 8.88. The Balaban J connectivity index is 0.00000200. The van der Waals surface area contributed by atoms with E-state index in [1.54, 1.807) is 13.0 Å². The average molecular weight is 309 g/mol. The summed E-state index contributed by atoms with van der Waals surface area (Å²) in [6.45, 7) is 7.39. The molecule has 0 spiro atoms. The summed E-state index contributed by atoms with van der Waals surface area (Å²) in [6, 6.07) is 4.43. The van der Waals surface area contributed by atoms with Crippen LogP contribution in [0.15, 0.2) is 18.2 Å². The minimum Gasteiger partial charge on any atom is -0.314 e. The number of nitrogens with one attached hydrogen (secondary N) is 1. The van der Waals surface area contributed by atoms with Crippen molar-refractivity contribution >= 4 is 12.4 Å². The molecule has 0 aliphatic carbocycles. The van der Waals surface area contributed by atoms with Crippen LogP contribution in [0.4, 0.5) is 13.2 Å². The molecule has 1 aromatic rings. The fourth-order valence-electron chi connectivity index (χ4n) is 2.39. The molecule has 1 saturated heterocycles. The van der Waals surface area contributed by atoms with Gasteiger partial charge in [0.1, 0.15) is 0 Å². The van der Waals surface area contributed by atoms with E-state index >= 15 is 0 Å². The van der Waals surface area contributed by atoms with Crippen LogP contribution in [0.5, 0.6) is 0 Å². The molecule has 6 heteroatoms. The van der Waals surface area contributed by atoms with Crippen LogP contribution in [-0.2, 0) is 12.7 Å². The SMILES string of the molecule is Cc1cc(C(F)(F)F)ccc1CN1CCNC[C@H]1C.Cl. The summed E-state index contributed by atoms with van der Waals surface area (Å²) in [5.41, 5.74) is 1.12. The molecule has 1 fully saturated rings. The van der Waals surface area contributed by atoms with Gasteiger partial charge in [-0.15, -0.1) is 12.4 Å². The quantitative estimate of drug-likeness (QED) is 0.902. The van der Waals surface area contributed by atoms with Gasteiger partial charge in [-0.3, -0.25) is 4.90 Å². The molecule has 0 bridgehead atoms. The van der Waals surface area contributed by atoms with Crippen molar-refractivity contribution in [2.45, 2.75) is 32.6 Å². The number of aryl methyl sites for hydroxylation is 1. The number of hydrogen-bond acceptors (Lipinski definition) is 2. The highest BCUT2D eigenvalue weighted by molar-refractivity contribution is 5.85. The van der Waals surface area contributed by atoms with Gasteiger partial charge in [0.15, 0.2) is 0 Å². The molecule has 2 nitrogen and oxygen atoms in total. The zero-order valence-electron chi connectivity index (χ0n) is 11.6. The highest BCUT2D eigenvalue weighted by atomic mass is 35.5. The summed E-state index contributed by atoms with van der Waals surface area (Å²) < 4.78 is 37.8. The second kappa shape index (κ2) is 6.78. The van der Waals surface area contributed by atoms with Gasteiger partial charge in [-0.25, -0.2) is 0 Å². The van der Waals surface area contributed by atoms with Gasteiger partial charge in [0, 0.05) is 32.2 Å². The van der Waals surface area contributed by atoms with Crippen LogP contribution in [0.3, 0.4) is 0 Å². The van der Waals surface area contributed by atoms with Crippen molar-refractivity contribution in [3.8, 4) is 0 Å². The molecule has 1 aromatic carbocycles. The number of alkyl halides is 3. The largest absolute Gasteiger partial charge is 0.416 e. The second-order valence-electron chi connectivity index (χ2n) is 5.16. The van der Waals surface area contributed by atoms with E-state index in [-0.39, 0.29) is 12.4 Å². The third-order valence-electron chi connectivity index (χ3n) is 3.68. The lowest BCUT2D eigenvalue weighted by molar-refractivity contribution is -0.137. The maximum absolute atomic E-state index is 12.6. The molecule has 0 amide bonds. The van der Waals surface area contributed by atoms with E-state index in [1.807, 2.05) is 0 Å². The van der Waals surface area contributed by atoms with Crippen molar-refractivity contribution in [3.63, 3.8) is 0 Å². The summed E-state index contributed by atoms with van der Waals surface area (Å²) in [5, 5.41) is 3.30. The van der Waals surface area contributed by atoms with Crippen LogP contribution in [0.1, 0.15) is 23.6 Å². The first kappa shape index (κ1) is 17.3. The van der Waals surface area contributed by atoms with Crippen LogP contribution < -0.4 is 5.32 Å². The lowest BCUT2D eigenvalue weighted by atomic mass is 10.0. The molecule has 1 aliphatic rings. The third-order valence-corrected chi connectivity index (χ3v) is 3.68. The molecule has 1 N–H and O–H groups in total. The molecule has 0 saturated carbocycles. The number of hydrogen-bond donors (Lipinski definition) is 1. The van der Waals surface area contributed by atoms with Crippen LogP contribution >= 0.6 is 12.4 Å². The topological polar surface area (TPSA) is 15.3 Å². The summed E-state index contributed by atoms with van der Waals surface area (Å²) in [4.78, 5) is 2.30. The molecular formula is C14H20ClF3N2. The Morgan fingerprint density at radius 1 is 1.35 bits per heavy atom. The van der Waals surface area contributed by atoms with E-state index in [0.717, 1.165) is 25.2 Å². The smallest absolute Gasteiger partial charge is 0.314 e. The fourth-order valence-corrected chi connectivity index (χ4v) is 2.39. The van der Waals surface area contributed by atoms with Gasteiger partial charge in [0.05, 0.1) is 5.56 Å². The van der Waals surface area contributed by atoms with Crippen LogP contribution in [0.2, 0.25) is 0 Å². The lowest BCUT2D eigenvalue weighted by Gasteiger charge is -2.34.